The minimum atomic E-state index is 0.0585. The zero-order valence-electron chi connectivity index (χ0n) is 10.5. The van der Waals surface area contributed by atoms with Gasteiger partial charge in [-0.05, 0) is 24.5 Å². The predicted octanol–water partition coefficient (Wildman–Crippen LogP) is 1.67. The van der Waals surface area contributed by atoms with Crippen LogP contribution < -0.4 is 11.4 Å². The third-order valence-electron chi connectivity index (χ3n) is 3.38. The first-order valence-electron chi connectivity index (χ1n) is 6.31. The maximum atomic E-state index is 12.1. The van der Waals surface area contributed by atoms with Crippen LogP contribution in [0.3, 0.4) is 0 Å². The summed E-state index contributed by atoms with van der Waals surface area (Å²) >= 11 is 4.96. The first-order valence-corrected chi connectivity index (χ1v) is 6.72. The Morgan fingerprint density at radius 1 is 1.37 bits per heavy atom. The van der Waals surface area contributed by atoms with Gasteiger partial charge < -0.3 is 5.73 Å². The molecule has 0 amide bonds. The van der Waals surface area contributed by atoms with Crippen molar-refractivity contribution < 1.29 is 0 Å². The molecule has 0 aliphatic heterocycles. The van der Waals surface area contributed by atoms with Crippen molar-refractivity contribution in [3.05, 3.63) is 58.3 Å². The number of hydrogen-bond acceptors (Lipinski definition) is 2. The van der Waals surface area contributed by atoms with Crippen molar-refractivity contribution in [2.45, 2.75) is 25.4 Å². The third-order valence-corrected chi connectivity index (χ3v) is 3.61. The molecular weight excluding hydrogens is 258 g/mol. The molecule has 5 heteroatoms. The van der Waals surface area contributed by atoms with Crippen molar-refractivity contribution in [2.24, 2.45) is 5.73 Å². The third kappa shape index (κ3) is 2.46. The van der Waals surface area contributed by atoms with Crippen LogP contribution in [-0.4, -0.2) is 14.1 Å². The van der Waals surface area contributed by atoms with E-state index in [9.17, 15) is 4.79 Å². The maximum absolute atomic E-state index is 12.1. The molecule has 4 nitrogen and oxygen atoms in total. The number of nitrogens with two attached hydrogens (primary N) is 1. The SMILES string of the molecule is NC(=S)c1cccc(Cn2ccn(C3CC3)c2=O)c1. The van der Waals surface area contributed by atoms with Crippen molar-refractivity contribution in [1.82, 2.24) is 9.13 Å². The summed E-state index contributed by atoms with van der Waals surface area (Å²) < 4.78 is 3.54. The fraction of sp³-hybridized carbons (Fsp3) is 0.286. The smallest absolute Gasteiger partial charge is 0.328 e. The number of aromatic nitrogens is 2. The van der Waals surface area contributed by atoms with E-state index in [1.54, 1.807) is 4.57 Å². The van der Waals surface area contributed by atoms with Gasteiger partial charge in [0.15, 0.2) is 0 Å². The van der Waals surface area contributed by atoms with E-state index in [-0.39, 0.29) is 5.69 Å². The van der Waals surface area contributed by atoms with Crippen molar-refractivity contribution in [3.63, 3.8) is 0 Å². The van der Waals surface area contributed by atoms with E-state index in [1.807, 2.05) is 41.2 Å². The molecule has 0 unspecified atom stereocenters. The second kappa shape index (κ2) is 4.66. The van der Waals surface area contributed by atoms with E-state index in [0.717, 1.165) is 24.0 Å². The van der Waals surface area contributed by atoms with Crippen LogP contribution in [0.2, 0.25) is 0 Å². The highest BCUT2D eigenvalue weighted by atomic mass is 32.1. The van der Waals surface area contributed by atoms with Crippen LogP contribution >= 0.6 is 12.2 Å². The van der Waals surface area contributed by atoms with Gasteiger partial charge in [0.2, 0.25) is 0 Å². The quantitative estimate of drug-likeness (QED) is 0.862. The molecule has 0 radical (unpaired) electrons. The lowest BCUT2D eigenvalue weighted by Crippen LogP contribution is -2.23. The molecule has 0 saturated heterocycles. The van der Waals surface area contributed by atoms with Gasteiger partial charge in [-0.1, -0.05) is 30.4 Å². The molecule has 2 aromatic rings. The standard InChI is InChI=1S/C14H15N3OS/c15-13(19)11-3-1-2-10(8-11)9-16-6-7-17(14(16)18)12-4-5-12/h1-3,6-8,12H,4-5,9H2,(H2,15,19). The molecule has 0 atom stereocenters. The Bertz CT molecular complexity index is 682. The van der Waals surface area contributed by atoms with Crippen LogP contribution in [0.4, 0.5) is 0 Å². The van der Waals surface area contributed by atoms with Crippen molar-refractivity contribution >= 4 is 17.2 Å². The highest BCUT2D eigenvalue weighted by Gasteiger charge is 2.25. The average molecular weight is 273 g/mol. The van der Waals surface area contributed by atoms with Gasteiger partial charge in [0.25, 0.3) is 0 Å². The molecule has 1 aliphatic carbocycles. The molecule has 0 spiro atoms. The van der Waals surface area contributed by atoms with E-state index in [4.69, 9.17) is 18.0 Å². The van der Waals surface area contributed by atoms with Crippen LogP contribution in [0, 0.1) is 0 Å². The molecule has 2 N–H and O–H groups in total. The molecule has 1 aliphatic rings. The fourth-order valence-electron chi connectivity index (χ4n) is 2.20. The number of thiocarbonyl (C=S) groups is 1. The van der Waals surface area contributed by atoms with Crippen molar-refractivity contribution in [2.75, 3.05) is 0 Å². The number of rotatable bonds is 4. The second-order valence-electron chi connectivity index (χ2n) is 4.91. The summed E-state index contributed by atoms with van der Waals surface area (Å²) in [6.45, 7) is 0.551. The van der Waals surface area contributed by atoms with E-state index in [1.165, 1.54) is 0 Å². The lowest BCUT2D eigenvalue weighted by Gasteiger charge is -2.05. The number of nitrogens with zero attached hydrogens (tertiary/aromatic N) is 2. The van der Waals surface area contributed by atoms with Gasteiger partial charge in [0, 0.05) is 24.0 Å². The molecule has 19 heavy (non-hydrogen) atoms. The number of hydrogen-bond donors (Lipinski definition) is 1. The normalized spacial score (nSPS) is 14.5. The van der Waals surface area contributed by atoms with Crippen LogP contribution in [0.5, 0.6) is 0 Å². The van der Waals surface area contributed by atoms with Crippen LogP contribution in [-0.2, 0) is 6.54 Å². The molecular formula is C14H15N3OS. The van der Waals surface area contributed by atoms with Gasteiger partial charge in [-0.3, -0.25) is 9.13 Å². The number of benzene rings is 1. The zero-order chi connectivity index (χ0) is 13.4. The minimum absolute atomic E-state index is 0.0585. The van der Waals surface area contributed by atoms with E-state index in [2.05, 4.69) is 0 Å². The fourth-order valence-corrected chi connectivity index (χ4v) is 2.33. The van der Waals surface area contributed by atoms with Crippen molar-refractivity contribution in [1.29, 1.82) is 0 Å². The van der Waals surface area contributed by atoms with E-state index < -0.39 is 0 Å². The van der Waals surface area contributed by atoms with Gasteiger partial charge in [-0.15, -0.1) is 0 Å². The van der Waals surface area contributed by atoms with Gasteiger partial charge in [0.1, 0.15) is 4.99 Å². The zero-order valence-corrected chi connectivity index (χ0v) is 11.3. The van der Waals surface area contributed by atoms with E-state index >= 15 is 0 Å². The Morgan fingerprint density at radius 2 is 2.16 bits per heavy atom. The molecule has 1 saturated carbocycles. The Balaban J connectivity index is 1.87. The average Bonchev–Trinajstić information content (AvgIpc) is 3.17. The molecule has 0 bridgehead atoms. The largest absolute Gasteiger partial charge is 0.389 e. The summed E-state index contributed by atoms with van der Waals surface area (Å²) in [7, 11) is 0. The highest BCUT2D eigenvalue weighted by Crippen LogP contribution is 2.33. The first kappa shape index (κ1) is 12.2. The molecule has 1 fully saturated rings. The van der Waals surface area contributed by atoms with Crippen molar-refractivity contribution in [3.8, 4) is 0 Å². The van der Waals surface area contributed by atoms with Gasteiger partial charge in [-0.2, -0.15) is 0 Å². The molecule has 1 aromatic carbocycles. The Kier molecular flexibility index (Phi) is 2.98. The molecule has 1 aromatic heterocycles. The summed E-state index contributed by atoms with van der Waals surface area (Å²) in [6, 6.07) is 8.11. The minimum Gasteiger partial charge on any atom is -0.389 e. The highest BCUT2D eigenvalue weighted by molar-refractivity contribution is 7.80. The van der Waals surface area contributed by atoms with Crippen LogP contribution in [0.1, 0.15) is 30.0 Å². The monoisotopic (exact) mass is 273 g/mol. The summed E-state index contributed by atoms with van der Waals surface area (Å²) in [6.07, 6.45) is 5.94. The van der Waals surface area contributed by atoms with Gasteiger partial charge >= 0.3 is 5.69 Å². The lowest BCUT2D eigenvalue weighted by atomic mass is 10.1. The van der Waals surface area contributed by atoms with Crippen LogP contribution in [0.25, 0.3) is 0 Å². The predicted molar refractivity (Wildman–Crippen MR) is 78.4 cm³/mol. The van der Waals surface area contributed by atoms with E-state index in [0.29, 0.717) is 17.6 Å². The Morgan fingerprint density at radius 3 is 2.84 bits per heavy atom. The Hall–Kier alpha value is -1.88. The maximum Gasteiger partial charge on any atom is 0.328 e. The summed E-state index contributed by atoms with van der Waals surface area (Å²) in [5.41, 5.74) is 7.54. The Labute approximate surface area is 116 Å². The summed E-state index contributed by atoms with van der Waals surface area (Å²) in [5, 5.41) is 0. The van der Waals surface area contributed by atoms with Crippen LogP contribution in [0.15, 0.2) is 41.5 Å². The molecule has 3 rings (SSSR count). The summed E-state index contributed by atoms with van der Waals surface area (Å²) in [5.74, 6) is 0. The molecule has 98 valence electrons. The molecule has 1 heterocycles. The topological polar surface area (TPSA) is 52.9 Å². The first-order chi connectivity index (χ1) is 9.15. The van der Waals surface area contributed by atoms with Gasteiger partial charge in [0.05, 0.1) is 6.54 Å². The number of imidazole rings is 1. The summed E-state index contributed by atoms with van der Waals surface area (Å²) in [4.78, 5) is 12.5. The second-order valence-corrected chi connectivity index (χ2v) is 5.35. The lowest BCUT2D eigenvalue weighted by molar-refractivity contribution is 0.656. The van der Waals surface area contributed by atoms with Gasteiger partial charge in [-0.25, -0.2) is 4.79 Å².